The highest BCUT2D eigenvalue weighted by atomic mass is 32.1. The van der Waals surface area contributed by atoms with Crippen LogP contribution in [0, 0.1) is 5.82 Å². The number of rotatable bonds is 3. The predicted octanol–water partition coefficient (Wildman–Crippen LogP) is 3.15. The first-order valence-corrected chi connectivity index (χ1v) is 8.83. The highest BCUT2D eigenvalue weighted by Crippen LogP contribution is 2.31. The molecule has 2 aromatic heterocycles. The maximum atomic E-state index is 13.6. The van der Waals surface area contributed by atoms with E-state index in [1.165, 1.54) is 36.7 Å². The number of aryl methyl sites for hydroxylation is 1. The number of aromatic nitrogens is 3. The molecule has 25 heavy (non-hydrogen) atoms. The smallest absolute Gasteiger partial charge is 0.223 e. The molecule has 3 aromatic rings. The molecular weight excluding hydrogens is 341 g/mol. The van der Waals surface area contributed by atoms with Crippen molar-refractivity contribution in [1.29, 1.82) is 0 Å². The minimum Gasteiger partial charge on any atom is -0.366 e. The average Bonchev–Trinajstić information content (AvgIpc) is 2.96. The molecule has 1 atom stereocenters. The van der Waals surface area contributed by atoms with Crippen molar-refractivity contribution in [3.05, 3.63) is 40.9 Å². The number of amides is 1. The Balaban J connectivity index is 1.56. The number of thiazole rings is 1. The monoisotopic (exact) mass is 357 g/mol. The number of halogens is 1. The largest absolute Gasteiger partial charge is 0.366 e. The van der Waals surface area contributed by atoms with Crippen LogP contribution in [0.1, 0.15) is 23.9 Å². The van der Waals surface area contributed by atoms with Gasteiger partial charge >= 0.3 is 0 Å². The summed E-state index contributed by atoms with van der Waals surface area (Å²) in [5.74, 6) is 0.221. The Kier molecular flexibility index (Phi) is 4.04. The Morgan fingerprint density at radius 2 is 2.24 bits per heavy atom. The molecule has 2 N–H and O–H groups in total. The maximum Gasteiger partial charge on any atom is 0.223 e. The van der Waals surface area contributed by atoms with E-state index in [0.29, 0.717) is 21.9 Å². The summed E-state index contributed by atoms with van der Waals surface area (Å²) < 4.78 is 13.6. The predicted molar refractivity (Wildman–Crippen MR) is 95.3 cm³/mol. The number of nitrogens with zero attached hydrogens (tertiary/aromatic N) is 3. The van der Waals surface area contributed by atoms with Gasteiger partial charge in [-0.05, 0) is 31.0 Å². The molecule has 128 valence electrons. The lowest BCUT2D eigenvalue weighted by Crippen LogP contribution is -2.27. The van der Waals surface area contributed by atoms with E-state index in [2.05, 4.69) is 25.6 Å². The molecule has 6 nitrogen and oxygen atoms in total. The molecule has 1 aliphatic rings. The van der Waals surface area contributed by atoms with Gasteiger partial charge in [0.1, 0.15) is 18.0 Å². The average molecular weight is 357 g/mol. The first kappa shape index (κ1) is 15.9. The number of nitrogens with one attached hydrogen (secondary N) is 2. The minimum absolute atomic E-state index is 0.116. The van der Waals surface area contributed by atoms with Gasteiger partial charge in [0.25, 0.3) is 0 Å². The molecule has 0 spiro atoms. The quantitative estimate of drug-likeness (QED) is 0.753. The van der Waals surface area contributed by atoms with E-state index in [-0.39, 0.29) is 17.8 Å². The molecule has 0 radical (unpaired) electrons. The van der Waals surface area contributed by atoms with Gasteiger partial charge in [0.15, 0.2) is 5.13 Å². The standard InChI is InChI=1S/C17H16FN5OS/c1-9(24)21-17-23-14-5-3-11(7-15(14)25-17)22-16-12-6-10(18)2-4-13(12)19-8-20-16/h2,4,6,8,11H,3,5,7H2,1H3,(H,19,20,22)(H,21,23,24). The van der Waals surface area contributed by atoms with Gasteiger partial charge in [-0.2, -0.15) is 0 Å². The van der Waals surface area contributed by atoms with Crippen LogP contribution in [0.3, 0.4) is 0 Å². The van der Waals surface area contributed by atoms with E-state index < -0.39 is 0 Å². The van der Waals surface area contributed by atoms with Crippen molar-refractivity contribution in [3.8, 4) is 0 Å². The Hall–Kier alpha value is -2.61. The summed E-state index contributed by atoms with van der Waals surface area (Å²) in [5.41, 5.74) is 1.76. The maximum absolute atomic E-state index is 13.6. The highest BCUT2D eigenvalue weighted by Gasteiger charge is 2.23. The number of anilines is 2. The molecule has 2 heterocycles. The van der Waals surface area contributed by atoms with E-state index >= 15 is 0 Å². The molecule has 0 saturated heterocycles. The zero-order valence-corrected chi connectivity index (χ0v) is 14.4. The molecule has 1 amide bonds. The van der Waals surface area contributed by atoms with Crippen LogP contribution >= 0.6 is 11.3 Å². The van der Waals surface area contributed by atoms with Crippen LogP contribution in [0.5, 0.6) is 0 Å². The summed E-state index contributed by atoms with van der Waals surface area (Å²) in [7, 11) is 0. The Morgan fingerprint density at radius 1 is 1.36 bits per heavy atom. The van der Waals surface area contributed by atoms with Gasteiger partial charge in [-0.1, -0.05) is 0 Å². The molecular formula is C17H16FN5OS. The van der Waals surface area contributed by atoms with Crippen LogP contribution in [0.2, 0.25) is 0 Å². The Labute approximate surface area is 147 Å². The summed E-state index contributed by atoms with van der Waals surface area (Å²) in [5, 5.41) is 7.48. The van der Waals surface area contributed by atoms with E-state index in [9.17, 15) is 9.18 Å². The van der Waals surface area contributed by atoms with Crippen LogP contribution in [-0.2, 0) is 17.6 Å². The molecule has 0 aliphatic heterocycles. The third kappa shape index (κ3) is 3.30. The number of hydrogen-bond acceptors (Lipinski definition) is 6. The molecule has 1 unspecified atom stereocenters. The zero-order chi connectivity index (χ0) is 17.4. The van der Waals surface area contributed by atoms with Gasteiger partial charge in [0, 0.05) is 29.6 Å². The van der Waals surface area contributed by atoms with Gasteiger partial charge in [-0.25, -0.2) is 19.3 Å². The van der Waals surface area contributed by atoms with Crippen molar-refractivity contribution in [3.63, 3.8) is 0 Å². The van der Waals surface area contributed by atoms with Crippen molar-refractivity contribution >= 4 is 39.1 Å². The number of hydrogen-bond donors (Lipinski definition) is 2. The van der Waals surface area contributed by atoms with Gasteiger partial charge in [0.2, 0.25) is 5.91 Å². The van der Waals surface area contributed by atoms with Gasteiger partial charge in [-0.15, -0.1) is 11.3 Å². The van der Waals surface area contributed by atoms with E-state index in [1.54, 1.807) is 6.07 Å². The van der Waals surface area contributed by atoms with Crippen molar-refractivity contribution < 1.29 is 9.18 Å². The highest BCUT2D eigenvalue weighted by molar-refractivity contribution is 7.15. The molecule has 0 saturated carbocycles. The fraction of sp³-hybridized carbons (Fsp3) is 0.294. The molecule has 0 bridgehead atoms. The zero-order valence-electron chi connectivity index (χ0n) is 13.5. The minimum atomic E-state index is -0.307. The summed E-state index contributed by atoms with van der Waals surface area (Å²) >= 11 is 1.51. The first-order valence-electron chi connectivity index (χ1n) is 8.01. The number of fused-ring (bicyclic) bond motifs is 2. The second kappa shape index (κ2) is 6.36. The summed E-state index contributed by atoms with van der Waals surface area (Å²) in [4.78, 5) is 25.3. The van der Waals surface area contributed by atoms with Crippen molar-refractivity contribution in [2.45, 2.75) is 32.2 Å². The molecule has 8 heteroatoms. The SMILES string of the molecule is CC(=O)Nc1nc2c(s1)CC(Nc1ncnc3ccc(F)cc13)CC2. The van der Waals surface area contributed by atoms with E-state index in [1.807, 2.05) is 0 Å². The first-order chi connectivity index (χ1) is 12.1. The Morgan fingerprint density at radius 3 is 3.08 bits per heavy atom. The molecule has 1 aromatic carbocycles. The summed E-state index contributed by atoms with van der Waals surface area (Å²) in [6.07, 6.45) is 4.02. The second-order valence-electron chi connectivity index (χ2n) is 6.04. The van der Waals surface area contributed by atoms with Crippen molar-refractivity contribution in [1.82, 2.24) is 15.0 Å². The lowest BCUT2D eigenvalue weighted by molar-refractivity contribution is -0.114. The lowest BCUT2D eigenvalue weighted by Gasteiger charge is -2.23. The molecule has 0 fully saturated rings. The van der Waals surface area contributed by atoms with Crippen molar-refractivity contribution in [2.75, 3.05) is 10.6 Å². The fourth-order valence-electron chi connectivity index (χ4n) is 3.04. The number of carbonyl (C=O) groups excluding carboxylic acids is 1. The molecule has 1 aliphatic carbocycles. The van der Waals surface area contributed by atoms with Gasteiger partial charge < -0.3 is 10.6 Å². The van der Waals surface area contributed by atoms with Gasteiger partial charge in [-0.3, -0.25) is 4.79 Å². The summed E-state index contributed by atoms with van der Waals surface area (Å²) in [6.45, 7) is 1.48. The second-order valence-corrected chi connectivity index (χ2v) is 7.12. The topological polar surface area (TPSA) is 79.8 Å². The normalized spacial score (nSPS) is 16.5. The van der Waals surface area contributed by atoms with Crippen LogP contribution in [0.25, 0.3) is 10.9 Å². The van der Waals surface area contributed by atoms with Gasteiger partial charge in [0.05, 0.1) is 11.2 Å². The molecule has 4 rings (SSSR count). The van der Waals surface area contributed by atoms with E-state index in [0.717, 1.165) is 29.8 Å². The summed E-state index contributed by atoms with van der Waals surface area (Å²) in [6, 6.07) is 4.68. The van der Waals surface area contributed by atoms with E-state index in [4.69, 9.17) is 0 Å². The Bertz CT molecular complexity index is 957. The van der Waals surface area contributed by atoms with Crippen LogP contribution in [0.4, 0.5) is 15.3 Å². The van der Waals surface area contributed by atoms with Crippen molar-refractivity contribution in [2.24, 2.45) is 0 Å². The number of benzene rings is 1. The number of carbonyl (C=O) groups is 1. The van der Waals surface area contributed by atoms with Crippen LogP contribution in [-0.4, -0.2) is 26.9 Å². The fourth-order valence-corrected chi connectivity index (χ4v) is 4.17. The lowest BCUT2D eigenvalue weighted by atomic mass is 9.97. The third-order valence-corrected chi connectivity index (χ3v) is 5.20. The van der Waals surface area contributed by atoms with Crippen LogP contribution in [0.15, 0.2) is 24.5 Å². The van der Waals surface area contributed by atoms with Crippen LogP contribution < -0.4 is 10.6 Å². The third-order valence-electron chi connectivity index (χ3n) is 4.16.